The van der Waals surface area contributed by atoms with E-state index in [1.807, 2.05) is 159 Å². The molecule has 0 spiro atoms. The molecule has 0 unspecified atom stereocenters. The fraction of sp³-hybridized carbons (Fsp3) is 0.569. The standard InChI is InChI=1S/C65H92O12/c1-41-29-45(5)57(70)49(33-41)61(9,10)25-17-21-53(66)74-37-65(38-75-54(67)22-18-26-62(11,12)50-34-42(2)30-46(6)58(50)71,39-76-55(68)23-19-27-63(13,14)51-35-43(3)31-47(7)59(51)72)40-77-56(69)24-20-28-64(15,16)52-36-44(4)32-48(8)60(52)73/h29-36,70-73H,17-28,37-40H2,1-16H3. The van der Waals surface area contributed by atoms with Crippen LogP contribution in [-0.4, -0.2) is 70.7 Å². The fourth-order valence-corrected chi connectivity index (χ4v) is 10.6. The van der Waals surface area contributed by atoms with Gasteiger partial charge < -0.3 is 39.4 Å². The summed E-state index contributed by atoms with van der Waals surface area (Å²) in [7, 11) is 0. The first-order valence-corrected chi connectivity index (χ1v) is 27.5. The van der Waals surface area contributed by atoms with Crippen LogP contribution < -0.4 is 0 Å². The molecule has 0 aliphatic heterocycles. The molecule has 0 radical (unpaired) electrons. The molecular weight excluding hydrogens is 973 g/mol. The molecule has 0 amide bonds. The van der Waals surface area contributed by atoms with E-state index in [0.29, 0.717) is 51.4 Å². The molecule has 0 bridgehead atoms. The Kier molecular flexibility index (Phi) is 21.9. The Bertz CT molecular complexity index is 2350. The summed E-state index contributed by atoms with van der Waals surface area (Å²) < 4.78 is 23.9. The second kappa shape index (κ2) is 26.5. The number of carbonyl (C=O) groups excluding carboxylic acids is 4. The minimum atomic E-state index is -1.50. The van der Waals surface area contributed by atoms with Gasteiger partial charge in [0.25, 0.3) is 0 Å². The third-order valence-corrected chi connectivity index (χ3v) is 15.6. The van der Waals surface area contributed by atoms with E-state index in [9.17, 15) is 39.6 Å². The number of phenolic OH excluding ortho intramolecular Hbond substituents is 4. The molecule has 0 heterocycles. The second-order valence-corrected chi connectivity index (χ2v) is 25.0. The monoisotopic (exact) mass is 1060 g/mol. The Labute approximate surface area is 460 Å². The van der Waals surface area contributed by atoms with E-state index in [1.165, 1.54) is 0 Å². The lowest BCUT2D eigenvalue weighted by Crippen LogP contribution is -2.44. The molecule has 4 aromatic rings. The Balaban J connectivity index is 1.57. The van der Waals surface area contributed by atoms with Crippen molar-refractivity contribution >= 4 is 23.9 Å². The van der Waals surface area contributed by atoms with Crippen LogP contribution in [0.4, 0.5) is 0 Å². The minimum Gasteiger partial charge on any atom is -0.507 e. The number of ether oxygens (including phenoxy) is 4. The maximum Gasteiger partial charge on any atom is 0.305 e. The quantitative estimate of drug-likeness (QED) is 0.0312. The first kappa shape index (κ1) is 63.5. The van der Waals surface area contributed by atoms with Crippen LogP contribution in [0.25, 0.3) is 0 Å². The molecule has 77 heavy (non-hydrogen) atoms. The summed E-state index contributed by atoms with van der Waals surface area (Å²) in [4.78, 5) is 54.8. The van der Waals surface area contributed by atoms with Crippen LogP contribution in [0, 0.1) is 60.8 Å². The molecule has 0 saturated heterocycles. The summed E-state index contributed by atoms with van der Waals surface area (Å²) in [5.74, 6) is -1.30. The number of carbonyl (C=O) groups is 4. The molecule has 4 rings (SSSR count). The van der Waals surface area contributed by atoms with Gasteiger partial charge in [0.2, 0.25) is 0 Å². The lowest BCUT2D eigenvalue weighted by molar-refractivity contribution is -0.170. The van der Waals surface area contributed by atoms with Crippen LogP contribution in [0.1, 0.15) is 199 Å². The number of aromatic hydroxyl groups is 4. The van der Waals surface area contributed by atoms with Gasteiger partial charge in [-0.15, -0.1) is 0 Å². The lowest BCUT2D eigenvalue weighted by Gasteiger charge is -2.32. The van der Waals surface area contributed by atoms with E-state index in [-0.39, 0.29) is 48.7 Å². The van der Waals surface area contributed by atoms with Crippen LogP contribution >= 0.6 is 0 Å². The van der Waals surface area contributed by atoms with Crippen molar-refractivity contribution in [1.29, 1.82) is 0 Å². The van der Waals surface area contributed by atoms with E-state index in [4.69, 9.17) is 18.9 Å². The molecule has 12 nitrogen and oxygen atoms in total. The predicted octanol–water partition coefficient (Wildman–Crippen LogP) is 14.0. The van der Waals surface area contributed by atoms with E-state index in [0.717, 1.165) is 66.8 Å². The van der Waals surface area contributed by atoms with Gasteiger partial charge in [0, 0.05) is 47.9 Å². The van der Waals surface area contributed by atoms with Crippen molar-refractivity contribution in [3.63, 3.8) is 0 Å². The minimum absolute atomic E-state index is 0.0217. The molecule has 0 aromatic heterocycles. The summed E-state index contributed by atoms with van der Waals surface area (Å²) in [6, 6.07) is 15.5. The second-order valence-electron chi connectivity index (χ2n) is 25.0. The predicted molar refractivity (Wildman–Crippen MR) is 304 cm³/mol. The van der Waals surface area contributed by atoms with Crippen molar-refractivity contribution in [2.45, 2.75) is 209 Å². The summed E-state index contributed by atoms with van der Waals surface area (Å²) in [6.45, 7) is 29.9. The highest BCUT2D eigenvalue weighted by Crippen LogP contribution is 2.42. The number of hydrogen-bond acceptors (Lipinski definition) is 12. The van der Waals surface area contributed by atoms with Crippen LogP contribution in [0.15, 0.2) is 48.5 Å². The third kappa shape index (κ3) is 18.0. The van der Waals surface area contributed by atoms with Crippen molar-refractivity contribution in [2.24, 2.45) is 5.41 Å². The fourth-order valence-electron chi connectivity index (χ4n) is 10.6. The van der Waals surface area contributed by atoms with Crippen molar-refractivity contribution in [3.05, 3.63) is 115 Å². The summed E-state index contributed by atoms with van der Waals surface area (Å²) >= 11 is 0. The Morgan fingerprint density at radius 2 is 0.519 bits per heavy atom. The molecule has 0 aliphatic rings. The van der Waals surface area contributed by atoms with Gasteiger partial charge in [0.1, 0.15) is 54.8 Å². The van der Waals surface area contributed by atoms with Crippen molar-refractivity contribution in [3.8, 4) is 23.0 Å². The summed E-state index contributed by atoms with van der Waals surface area (Å²) in [5.41, 5.74) is 6.94. The zero-order valence-electron chi connectivity index (χ0n) is 49.5. The number of esters is 4. The SMILES string of the molecule is Cc1cc(C)c(O)c(C(C)(C)CCCC(=O)OCC(COC(=O)CCCC(C)(C)c2cc(C)cc(C)c2O)(COC(=O)CCCC(C)(C)c2cc(C)cc(C)c2O)COC(=O)CCCC(C)(C)c2cc(C)cc(C)c2O)c1. The molecule has 12 heteroatoms. The van der Waals surface area contributed by atoms with Gasteiger partial charge in [0.05, 0.1) is 0 Å². The van der Waals surface area contributed by atoms with Gasteiger partial charge in [-0.05, 0) is 151 Å². The maximum atomic E-state index is 13.7. The van der Waals surface area contributed by atoms with Crippen molar-refractivity contribution < 1.29 is 58.6 Å². The smallest absolute Gasteiger partial charge is 0.305 e. The van der Waals surface area contributed by atoms with Gasteiger partial charge in [0.15, 0.2) is 0 Å². The zero-order valence-corrected chi connectivity index (χ0v) is 49.5. The van der Waals surface area contributed by atoms with Gasteiger partial charge in [-0.2, -0.15) is 0 Å². The van der Waals surface area contributed by atoms with Crippen LogP contribution in [0.3, 0.4) is 0 Å². The van der Waals surface area contributed by atoms with Crippen LogP contribution in [0.2, 0.25) is 0 Å². The van der Waals surface area contributed by atoms with Crippen molar-refractivity contribution in [1.82, 2.24) is 0 Å². The first-order chi connectivity index (χ1) is 35.7. The number of hydrogen-bond donors (Lipinski definition) is 4. The Hall–Kier alpha value is -6.04. The first-order valence-electron chi connectivity index (χ1n) is 27.5. The van der Waals surface area contributed by atoms with E-state index < -0.39 is 77.4 Å². The van der Waals surface area contributed by atoms with Gasteiger partial charge in [-0.3, -0.25) is 19.2 Å². The number of rotatable bonds is 28. The van der Waals surface area contributed by atoms with Gasteiger partial charge >= 0.3 is 23.9 Å². The highest BCUT2D eigenvalue weighted by Gasteiger charge is 2.39. The maximum absolute atomic E-state index is 13.7. The molecular formula is C65H92O12. The largest absolute Gasteiger partial charge is 0.507 e. The third-order valence-electron chi connectivity index (χ3n) is 15.6. The topological polar surface area (TPSA) is 186 Å². The van der Waals surface area contributed by atoms with Crippen LogP contribution in [-0.2, 0) is 59.8 Å². The summed E-state index contributed by atoms with van der Waals surface area (Å²) in [6.07, 6.45) is 3.99. The van der Waals surface area contributed by atoms with E-state index in [1.54, 1.807) is 0 Å². The molecule has 0 saturated carbocycles. The normalized spacial score (nSPS) is 12.4. The molecule has 0 aliphatic carbocycles. The molecule has 4 aromatic carbocycles. The average Bonchev–Trinajstić information content (AvgIpc) is 3.32. The highest BCUT2D eigenvalue weighted by atomic mass is 16.6. The number of aryl methyl sites for hydroxylation is 8. The molecule has 4 N–H and O–H groups in total. The van der Waals surface area contributed by atoms with Gasteiger partial charge in [-0.25, -0.2) is 0 Å². The zero-order chi connectivity index (χ0) is 57.8. The Morgan fingerprint density at radius 3 is 0.701 bits per heavy atom. The molecule has 0 fully saturated rings. The Morgan fingerprint density at radius 1 is 0.338 bits per heavy atom. The van der Waals surface area contributed by atoms with Crippen molar-refractivity contribution in [2.75, 3.05) is 26.4 Å². The number of phenols is 4. The highest BCUT2D eigenvalue weighted by molar-refractivity contribution is 5.71. The number of benzene rings is 4. The van der Waals surface area contributed by atoms with Crippen LogP contribution in [0.5, 0.6) is 23.0 Å². The van der Waals surface area contributed by atoms with E-state index >= 15 is 0 Å². The van der Waals surface area contributed by atoms with Gasteiger partial charge in [-0.1, -0.05) is 126 Å². The molecule has 424 valence electrons. The molecule has 0 atom stereocenters. The van der Waals surface area contributed by atoms with E-state index in [2.05, 4.69) is 0 Å². The summed E-state index contributed by atoms with van der Waals surface area (Å²) in [5, 5.41) is 43.8. The average molecular weight is 1070 g/mol. The lowest BCUT2D eigenvalue weighted by atomic mass is 9.78.